The van der Waals surface area contributed by atoms with E-state index in [1.165, 1.54) is 12.1 Å². The second-order valence-corrected chi connectivity index (χ2v) is 3.19. The molecule has 1 atom stereocenters. The van der Waals surface area contributed by atoms with Crippen LogP contribution in [0, 0.1) is 0 Å². The summed E-state index contributed by atoms with van der Waals surface area (Å²) >= 11 is 0. The number of nitrogens with two attached hydrogens (primary N) is 1. The highest BCUT2D eigenvalue weighted by Crippen LogP contribution is 2.22. The molecule has 0 aliphatic carbocycles. The molecule has 0 fully saturated rings. The lowest BCUT2D eigenvalue weighted by atomic mass is 10.0. The minimum atomic E-state index is -2.82. The predicted octanol–water partition coefficient (Wildman–Crippen LogP) is 2.37. The van der Waals surface area contributed by atoms with E-state index < -0.39 is 6.61 Å². The van der Waals surface area contributed by atoms with Crippen LogP contribution in [-0.2, 0) is 0 Å². The van der Waals surface area contributed by atoms with Gasteiger partial charge in [-0.1, -0.05) is 18.2 Å². The average molecular weight is 228 g/mol. The Morgan fingerprint density at radius 1 is 1.50 bits per heavy atom. The fourth-order valence-corrected chi connectivity index (χ4v) is 1.37. The summed E-state index contributed by atoms with van der Waals surface area (Å²) in [4.78, 5) is 0. The van der Waals surface area contributed by atoms with Crippen LogP contribution in [0.1, 0.15) is 18.0 Å². The molecular formula is C11H14F2N2O. The molecule has 88 valence electrons. The van der Waals surface area contributed by atoms with Gasteiger partial charge >= 0.3 is 6.61 Å². The number of hydrogen-bond donors (Lipinski definition) is 2. The molecule has 0 saturated carbocycles. The maximum absolute atomic E-state index is 12.0. The van der Waals surface area contributed by atoms with E-state index in [1.54, 1.807) is 18.2 Å². The van der Waals surface area contributed by atoms with Crippen molar-refractivity contribution in [1.29, 1.82) is 0 Å². The van der Waals surface area contributed by atoms with E-state index >= 15 is 0 Å². The number of rotatable bonds is 6. The van der Waals surface area contributed by atoms with Crippen LogP contribution in [-0.4, -0.2) is 6.61 Å². The molecule has 0 aromatic heterocycles. The number of hydrogen-bond acceptors (Lipinski definition) is 3. The van der Waals surface area contributed by atoms with Gasteiger partial charge in [-0.15, -0.1) is 6.58 Å². The smallest absolute Gasteiger partial charge is 0.387 e. The molecule has 16 heavy (non-hydrogen) atoms. The van der Waals surface area contributed by atoms with Gasteiger partial charge in [0.1, 0.15) is 5.75 Å². The number of alkyl halides is 2. The summed E-state index contributed by atoms with van der Waals surface area (Å²) in [6.45, 7) is 0.778. The van der Waals surface area contributed by atoms with E-state index in [1.807, 2.05) is 0 Å². The van der Waals surface area contributed by atoms with Crippen LogP contribution in [0.4, 0.5) is 8.78 Å². The molecule has 1 rings (SSSR count). The van der Waals surface area contributed by atoms with Gasteiger partial charge in [0.05, 0.1) is 0 Å². The summed E-state index contributed by atoms with van der Waals surface area (Å²) in [6.07, 6.45) is 2.31. The topological polar surface area (TPSA) is 47.3 Å². The van der Waals surface area contributed by atoms with Gasteiger partial charge in [-0.05, 0) is 24.1 Å². The van der Waals surface area contributed by atoms with Crippen molar-refractivity contribution in [3.8, 4) is 5.75 Å². The molecule has 0 radical (unpaired) electrons. The molecule has 0 aliphatic heterocycles. The van der Waals surface area contributed by atoms with Crippen molar-refractivity contribution in [3.63, 3.8) is 0 Å². The maximum Gasteiger partial charge on any atom is 0.387 e. The van der Waals surface area contributed by atoms with Crippen molar-refractivity contribution >= 4 is 0 Å². The standard InChI is InChI=1S/C11H14F2N2O/c1-2-4-10(15-14)8-5-3-6-9(7-8)16-11(12)13/h2-3,5-7,10-11,15H,1,4,14H2. The SMILES string of the molecule is C=CCC(NN)c1cccc(OC(F)F)c1. The lowest BCUT2D eigenvalue weighted by Crippen LogP contribution is -2.27. The van der Waals surface area contributed by atoms with E-state index in [4.69, 9.17) is 5.84 Å². The fraction of sp³-hybridized carbons (Fsp3) is 0.273. The molecule has 0 spiro atoms. The molecule has 0 saturated heterocycles. The van der Waals surface area contributed by atoms with Gasteiger partial charge in [-0.3, -0.25) is 11.3 Å². The van der Waals surface area contributed by atoms with E-state index in [0.717, 1.165) is 5.56 Å². The number of benzene rings is 1. The van der Waals surface area contributed by atoms with Crippen molar-refractivity contribution in [2.75, 3.05) is 0 Å². The van der Waals surface area contributed by atoms with Crippen molar-refractivity contribution < 1.29 is 13.5 Å². The molecule has 0 bridgehead atoms. The summed E-state index contributed by atoms with van der Waals surface area (Å²) in [6, 6.07) is 6.27. The van der Waals surface area contributed by atoms with Gasteiger partial charge in [-0.25, -0.2) is 0 Å². The first-order valence-electron chi connectivity index (χ1n) is 4.79. The number of hydrazine groups is 1. The monoisotopic (exact) mass is 228 g/mol. The van der Waals surface area contributed by atoms with Gasteiger partial charge in [0.25, 0.3) is 0 Å². The molecule has 1 unspecified atom stereocenters. The Bertz CT molecular complexity index is 345. The zero-order valence-electron chi connectivity index (χ0n) is 8.70. The van der Waals surface area contributed by atoms with E-state index in [9.17, 15) is 8.78 Å². The summed E-state index contributed by atoms with van der Waals surface area (Å²) in [5.41, 5.74) is 3.36. The molecular weight excluding hydrogens is 214 g/mol. The Morgan fingerprint density at radius 2 is 2.25 bits per heavy atom. The molecule has 3 N–H and O–H groups in total. The third kappa shape index (κ3) is 3.60. The summed E-state index contributed by atoms with van der Waals surface area (Å²) in [7, 11) is 0. The molecule has 0 heterocycles. The van der Waals surface area contributed by atoms with E-state index in [0.29, 0.717) is 6.42 Å². The fourth-order valence-electron chi connectivity index (χ4n) is 1.37. The maximum atomic E-state index is 12.0. The first-order chi connectivity index (χ1) is 7.67. The second kappa shape index (κ2) is 6.19. The Morgan fingerprint density at radius 3 is 2.81 bits per heavy atom. The van der Waals surface area contributed by atoms with Crippen LogP contribution in [0.5, 0.6) is 5.75 Å². The number of halogens is 2. The zero-order valence-corrected chi connectivity index (χ0v) is 8.70. The quantitative estimate of drug-likeness (QED) is 0.446. The summed E-state index contributed by atoms with van der Waals surface area (Å²) < 4.78 is 28.3. The Balaban J connectivity index is 2.83. The minimum Gasteiger partial charge on any atom is -0.435 e. The highest BCUT2D eigenvalue weighted by molar-refractivity contribution is 5.30. The normalized spacial score (nSPS) is 12.5. The van der Waals surface area contributed by atoms with Gasteiger partial charge in [-0.2, -0.15) is 8.78 Å². The first kappa shape index (κ1) is 12.6. The van der Waals surface area contributed by atoms with Crippen LogP contribution in [0.15, 0.2) is 36.9 Å². The van der Waals surface area contributed by atoms with Crippen LogP contribution in [0.25, 0.3) is 0 Å². The van der Waals surface area contributed by atoms with Crippen molar-refractivity contribution in [3.05, 3.63) is 42.5 Å². The molecule has 5 heteroatoms. The van der Waals surface area contributed by atoms with Crippen LogP contribution < -0.4 is 16.0 Å². The molecule has 3 nitrogen and oxygen atoms in total. The lowest BCUT2D eigenvalue weighted by molar-refractivity contribution is -0.0499. The molecule has 0 amide bonds. The van der Waals surface area contributed by atoms with Crippen LogP contribution in [0.3, 0.4) is 0 Å². The van der Waals surface area contributed by atoms with Crippen LogP contribution in [0.2, 0.25) is 0 Å². The van der Waals surface area contributed by atoms with Crippen molar-refractivity contribution in [2.45, 2.75) is 19.1 Å². The van der Waals surface area contributed by atoms with Crippen LogP contribution >= 0.6 is 0 Å². The first-order valence-corrected chi connectivity index (χ1v) is 4.79. The number of nitrogens with one attached hydrogen (secondary N) is 1. The van der Waals surface area contributed by atoms with Gasteiger partial charge in [0.2, 0.25) is 0 Å². The third-order valence-electron chi connectivity index (χ3n) is 2.09. The Hall–Kier alpha value is -1.46. The van der Waals surface area contributed by atoms with Gasteiger partial charge < -0.3 is 4.74 Å². The highest BCUT2D eigenvalue weighted by atomic mass is 19.3. The van der Waals surface area contributed by atoms with Crippen molar-refractivity contribution in [2.24, 2.45) is 5.84 Å². The number of ether oxygens (including phenoxy) is 1. The lowest BCUT2D eigenvalue weighted by Gasteiger charge is -2.15. The summed E-state index contributed by atoms with van der Waals surface area (Å²) in [5, 5.41) is 0. The molecule has 1 aromatic rings. The van der Waals surface area contributed by atoms with Crippen molar-refractivity contribution in [1.82, 2.24) is 5.43 Å². The Kier molecular flexibility index (Phi) is 4.88. The third-order valence-corrected chi connectivity index (χ3v) is 2.09. The molecule has 1 aromatic carbocycles. The largest absolute Gasteiger partial charge is 0.435 e. The summed E-state index contributed by atoms with van der Waals surface area (Å²) in [5.74, 6) is 5.48. The zero-order chi connectivity index (χ0) is 12.0. The Labute approximate surface area is 92.9 Å². The van der Waals surface area contributed by atoms with E-state index in [2.05, 4.69) is 16.7 Å². The van der Waals surface area contributed by atoms with Gasteiger partial charge in [0.15, 0.2) is 0 Å². The molecule has 0 aliphatic rings. The predicted molar refractivity (Wildman–Crippen MR) is 58.0 cm³/mol. The second-order valence-electron chi connectivity index (χ2n) is 3.19. The minimum absolute atomic E-state index is 0.122. The highest BCUT2D eigenvalue weighted by Gasteiger charge is 2.10. The van der Waals surface area contributed by atoms with E-state index in [-0.39, 0.29) is 11.8 Å². The average Bonchev–Trinajstić information content (AvgIpc) is 2.25. The van der Waals surface area contributed by atoms with Gasteiger partial charge in [0, 0.05) is 6.04 Å².